The number of carbonyl (C=O) groups is 1. The molecule has 0 aliphatic rings. The molecule has 0 aromatic heterocycles. The molecule has 1 rings (SSSR count). The van der Waals surface area contributed by atoms with Crippen molar-refractivity contribution in [3.8, 4) is 11.5 Å². The monoisotopic (exact) mass is 187 g/mol. The molecule has 1 aromatic rings. The van der Waals surface area contributed by atoms with Crippen LogP contribution in [0.2, 0.25) is 5.02 Å². The predicted molar refractivity (Wildman–Crippen MR) is 43.3 cm³/mol. The highest BCUT2D eigenvalue weighted by Gasteiger charge is 2.10. The summed E-state index contributed by atoms with van der Waals surface area (Å²) < 4.78 is 0. The van der Waals surface area contributed by atoms with E-state index in [9.17, 15) is 4.79 Å². The van der Waals surface area contributed by atoms with Gasteiger partial charge in [0.15, 0.2) is 0 Å². The topological polar surface area (TPSA) is 83.6 Å². The number of hydrogen-bond donors (Lipinski definition) is 3. The number of carbonyl (C=O) groups excluding carboxylic acids is 1. The summed E-state index contributed by atoms with van der Waals surface area (Å²) in [7, 11) is 0. The highest BCUT2D eigenvalue weighted by molar-refractivity contribution is 6.32. The molecule has 0 saturated carbocycles. The van der Waals surface area contributed by atoms with Crippen LogP contribution in [0, 0.1) is 0 Å². The molecule has 0 radical (unpaired) electrons. The van der Waals surface area contributed by atoms with Gasteiger partial charge in [0.1, 0.15) is 11.5 Å². The molecule has 0 saturated heterocycles. The van der Waals surface area contributed by atoms with Crippen molar-refractivity contribution < 1.29 is 15.0 Å². The first-order valence-corrected chi connectivity index (χ1v) is 3.41. The van der Waals surface area contributed by atoms with E-state index in [-0.39, 0.29) is 22.1 Å². The Kier molecular flexibility index (Phi) is 2.10. The predicted octanol–water partition coefficient (Wildman–Crippen LogP) is 0.850. The van der Waals surface area contributed by atoms with E-state index in [1.807, 2.05) is 0 Å². The Morgan fingerprint density at radius 3 is 2.42 bits per heavy atom. The van der Waals surface area contributed by atoms with Gasteiger partial charge in [-0.15, -0.1) is 0 Å². The van der Waals surface area contributed by atoms with Gasteiger partial charge >= 0.3 is 0 Å². The van der Waals surface area contributed by atoms with Gasteiger partial charge in [0, 0.05) is 6.07 Å². The second-order valence-electron chi connectivity index (χ2n) is 2.19. The van der Waals surface area contributed by atoms with E-state index < -0.39 is 5.91 Å². The number of phenolic OH excluding ortho intramolecular Hbond substituents is 1. The molecule has 0 aliphatic carbocycles. The lowest BCUT2D eigenvalue weighted by Gasteiger charge is -2.02. The number of nitrogens with two attached hydrogens (primary N) is 1. The van der Waals surface area contributed by atoms with Crippen molar-refractivity contribution >= 4 is 17.5 Å². The lowest BCUT2D eigenvalue weighted by molar-refractivity contribution is 0.0998. The van der Waals surface area contributed by atoms with Crippen LogP contribution in [0.4, 0.5) is 0 Å². The first-order valence-electron chi connectivity index (χ1n) is 3.03. The maximum absolute atomic E-state index is 10.6. The number of primary amides is 1. The average molecular weight is 188 g/mol. The first kappa shape index (κ1) is 8.67. The van der Waals surface area contributed by atoms with Gasteiger partial charge in [-0.2, -0.15) is 0 Å². The van der Waals surface area contributed by atoms with Gasteiger partial charge < -0.3 is 15.9 Å². The van der Waals surface area contributed by atoms with E-state index in [0.717, 1.165) is 12.1 Å². The van der Waals surface area contributed by atoms with Crippen LogP contribution in [0.25, 0.3) is 0 Å². The summed E-state index contributed by atoms with van der Waals surface area (Å²) in [6, 6.07) is 2.07. The van der Waals surface area contributed by atoms with Crippen LogP contribution >= 0.6 is 11.6 Å². The van der Waals surface area contributed by atoms with Crippen molar-refractivity contribution in [3.63, 3.8) is 0 Å². The lowest BCUT2D eigenvalue weighted by atomic mass is 10.2. The van der Waals surface area contributed by atoms with Crippen molar-refractivity contribution in [1.82, 2.24) is 0 Å². The largest absolute Gasteiger partial charge is 0.507 e. The number of aromatic hydroxyl groups is 2. The van der Waals surface area contributed by atoms with Crippen LogP contribution in [0.15, 0.2) is 12.1 Å². The summed E-state index contributed by atoms with van der Waals surface area (Å²) in [5, 5.41) is 18.0. The number of benzene rings is 1. The van der Waals surface area contributed by atoms with E-state index in [0.29, 0.717) is 0 Å². The summed E-state index contributed by atoms with van der Waals surface area (Å²) >= 11 is 5.46. The molecule has 0 atom stereocenters. The van der Waals surface area contributed by atoms with Crippen LogP contribution in [0.5, 0.6) is 11.5 Å². The van der Waals surface area contributed by atoms with E-state index in [4.69, 9.17) is 27.5 Å². The number of rotatable bonds is 1. The molecule has 1 aromatic carbocycles. The summed E-state index contributed by atoms with van der Waals surface area (Å²) in [4.78, 5) is 10.6. The summed E-state index contributed by atoms with van der Waals surface area (Å²) in [6.07, 6.45) is 0. The highest BCUT2D eigenvalue weighted by Crippen LogP contribution is 2.30. The Labute approximate surface area is 73.2 Å². The second kappa shape index (κ2) is 2.91. The highest BCUT2D eigenvalue weighted by atomic mass is 35.5. The van der Waals surface area contributed by atoms with Crippen LogP contribution in [-0.4, -0.2) is 16.1 Å². The van der Waals surface area contributed by atoms with Crippen LogP contribution in [0.3, 0.4) is 0 Å². The molecule has 0 unspecified atom stereocenters. The number of phenols is 2. The average Bonchev–Trinajstić information content (AvgIpc) is 1.96. The maximum atomic E-state index is 10.6. The van der Waals surface area contributed by atoms with Gasteiger partial charge in [0.25, 0.3) is 5.91 Å². The smallest absolute Gasteiger partial charge is 0.252 e. The van der Waals surface area contributed by atoms with E-state index in [2.05, 4.69) is 0 Å². The van der Waals surface area contributed by atoms with Crippen LogP contribution in [-0.2, 0) is 0 Å². The van der Waals surface area contributed by atoms with E-state index in [1.165, 1.54) is 0 Å². The standard InChI is InChI=1S/C7H6ClNO3/c8-4-1-3(7(9)12)5(10)2-6(4)11/h1-2,10-11H,(H2,9,12). The Balaban J connectivity index is 3.33. The molecule has 4 nitrogen and oxygen atoms in total. The van der Waals surface area contributed by atoms with Gasteiger partial charge in [-0.25, -0.2) is 0 Å². The molecule has 12 heavy (non-hydrogen) atoms. The summed E-state index contributed by atoms with van der Waals surface area (Å²) in [5.41, 5.74) is 4.78. The molecule has 1 amide bonds. The van der Waals surface area contributed by atoms with Gasteiger partial charge in [-0.3, -0.25) is 4.79 Å². The molecule has 4 N–H and O–H groups in total. The Bertz CT molecular complexity index is 338. The van der Waals surface area contributed by atoms with Gasteiger partial charge in [-0.05, 0) is 6.07 Å². The van der Waals surface area contributed by atoms with E-state index >= 15 is 0 Å². The summed E-state index contributed by atoms with van der Waals surface area (Å²) in [5.74, 6) is -1.47. The zero-order valence-corrected chi connectivity index (χ0v) is 6.67. The molecule has 5 heteroatoms. The minimum Gasteiger partial charge on any atom is -0.507 e. The number of hydrogen-bond acceptors (Lipinski definition) is 3. The lowest BCUT2D eigenvalue weighted by Crippen LogP contribution is -2.10. The molecule has 0 aliphatic heterocycles. The number of halogens is 1. The molecule has 64 valence electrons. The fraction of sp³-hybridized carbons (Fsp3) is 0. The van der Waals surface area contributed by atoms with Gasteiger partial charge in [0.2, 0.25) is 0 Å². The van der Waals surface area contributed by atoms with E-state index in [1.54, 1.807) is 0 Å². The summed E-state index contributed by atoms with van der Waals surface area (Å²) in [6.45, 7) is 0. The Hall–Kier alpha value is -1.42. The third kappa shape index (κ3) is 1.43. The van der Waals surface area contributed by atoms with Crippen molar-refractivity contribution in [2.24, 2.45) is 5.73 Å². The van der Waals surface area contributed by atoms with Crippen molar-refractivity contribution in [3.05, 3.63) is 22.7 Å². The van der Waals surface area contributed by atoms with Gasteiger partial charge in [-0.1, -0.05) is 11.6 Å². The minimum atomic E-state index is -0.797. The molecule has 0 heterocycles. The molecule has 0 fully saturated rings. The Morgan fingerprint density at radius 2 is 1.92 bits per heavy atom. The molecular weight excluding hydrogens is 182 g/mol. The number of amides is 1. The molecule has 0 bridgehead atoms. The van der Waals surface area contributed by atoms with Crippen LogP contribution in [0.1, 0.15) is 10.4 Å². The van der Waals surface area contributed by atoms with Crippen molar-refractivity contribution in [1.29, 1.82) is 0 Å². The fourth-order valence-electron chi connectivity index (χ4n) is 0.748. The van der Waals surface area contributed by atoms with Crippen molar-refractivity contribution in [2.45, 2.75) is 0 Å². The quantitative estimate of drug-likeness (QED) is 0.610. The first-order chi connectivity index (χ1) is 5.52. The minimum absolute atomic E-state index is 0.0263. The van der Waals surface area contributed by atoms with Crippen molar-refractivity contribution in [2.75, 3.05) is 0 Å². The fourth-order valence-corrected chi connectivity index (χ4v) is 0.912. The SMILES string of the molecule is NC(=O)c1cc(Cl)c(O)cc1O. The maximum Gasteiger partial charge on any atom is 0.252 e. The molecule has 0 spiro atoms. The third-order valence-corrected chi connectivity index (χ3v) is 1.63. The Morgan fingerprint density at radius 1 is 1.33 bits per heavy atom. The third-order valence-electron chi connectivity index (χ3n) is 1.33. The normalized spacial score (nSPS) is 9.75. The molecular formula is C7H6ClNO3. The second-order valence-corrected chi connectivity index (χ2v) is 2.59. The zero-order chi connectivity index (χ0) is 9.30. The van der Waals surface area contributed by atoms with Gasteiger partial charge in [0.05, 0.1) is 10.6 Å². The zero-order valence-electron chi connectivity index (χ0n) is 5.91. The van der Waals surface area contributed by atoms with Crippen LogP contribution < -0.4 is 5.73 Å².